The minimum absolute atomic E-state index is 0.365. The maximum atomic E-state index is 12.2. The van der Waals surface area contributed by atoms with Crippen molar-refractivity contribution in [2.24, 2.45) is 11.8 Å². The summed E-state index contributed by atoms with van der Waals surface area (Å²) in [4.78, 5) is 14.3. The van der Waals surface area contributed by atoms with Crippen LogP contribution in [0.5, 0.6) is 0 Å². The summed E-state index contributed by atoms with van der Waals surface area (Å²) >= 11 is 0. The largest absolute Gasteiger partial charge is 0.341 e. The molecule has 116 valence electrons. The van der Waals surface area contributed by atoms with E-state index in [-0.39, 0.29) is 0 Å². The molecular weight excluding hydrogens is 248 g/mol. The minimum Gasteiger partial charge on any atom is -0.341 e. The summed E-state index contributed by atoms with van der Waals surface area (Å²) in [5.41, 5.74) is 0. The summed E-state index contributed by atoms with van der Waals surface area (Å²) < 4.78 is 0. The topological polar surface area (TPSA) is 32.3 Å². The Bertz CT molecular complexity index is 301. The summed E-state index contributed by atoms with van der Waals surface area (Å²) in [5, 5.41) is 3.74. The molecule has 20 heavy (non-hydrogen) atoms. The van der Waals surface area contributed by atoms with Crippen LogP contribution in [-0.2, 0) is 4.79 Å². The Hall–Kier alpha value is -0.570. The number of rotatable bonds is 7. The molecule has 0 aromatic rings. The minimum atomic E-state index is 0.365. The molecule has 2 unspecified atom stereocenters. The van der Waals surface area contributed by atoms with Crippen molar-refractivity contribution in [2.45, 2.75) is 71.3 Å². The number of nitrogens with zero attached hydrogens (tertiary/aromatic N) is 1. The summed E-state index contributed by atoms with van der Waals surface area (Å²) in [7, 11) is 0. The van der Waals surface area contributed by atoms with E-state index in [0.29, 0.717) is 24.3 Å². The maximum absolute atomic E-state index is 12.2. The molecule has 1 aliphatic carbocycles. The second kappa shape index (κ2) is 8.02. The SMILES string of the molecule is CCCC(=O)N1CC(CCC)CC(NCC2CCC2)C1. The van der Waals surface area contributed by atoms with Gasteiger partial charge >= 0.3 is 0 Å². The molecule has 0 spiro atoms. The van der Waals surface area contributed by atoms with Gasteiger partial charge in [0.2, 0.25) is 5.91 Å². The molecule has 1 saturated carbocycles. The first-order valence-electron chi connectivity index (χ1n) is 8.74. The van der Waals surface area contributed by atoms with Gasteiger partial charge in [-0.25, -0.2) is 0 Å². The fraction of sp³-hybridized carbons (Fsp3) is 0.941. The van der Waals surface area contributed by atoms with E-state index in [9.17, 15) is 4.79 Å². The molecule has 1 saturated heterocycles. The molecular formula is C17H32N2O. The van der Waals surface area contributed by atoms with E-state index in [1.54, 1.807) is 0 Å². The summed E-state index contributed by atoms with van der Waals surface area (Å²) in [6, 6.07) is 0.529. The van der Waals surface area contributed by atoms with Crippen LogP contribution < -0.4 is 5.32 Å². The Morgan fingerprint density at radius 1 is 1.15 bits per heavy atom. The molecule has 1 amide bonds. The Morgan fingerprint density at radius 3 is 2.55 bits per heavy atom. The van der Waals surface area contributed by atoms with Crippen molar-refractivity contribution in [3.8, 4) is 0 Å². The smallest absolute Gasteiger partial charge is 0.222 e. The van der Waals surface area contributed by atoms with Gasteiger partial charge in [0.05, 0.1) is 0 Å². The molecule has 1 heterocycles. The third kappa shape index (κ3) is 4.47. The van der Waals surface area contributed by atoms with Gasteiger partial charge in [0.1, 0.15) is 0 Å². The lowest BCUT2D eigenvalue weighted by Gasteiger charge is -2.39. The zero-order valence-electron chi connectivity index (χ0n) is 13.4. The van der Waals surface area contributed by atoms with E-state index >= 15 is 0 Å². The molecule has 2 aliphatic rings. The fourth-order valence-corrected chi connectivity index (χ4v) is 3.57. The average Bonchev–Trinajstić information content (AvgIpc) is 2.37. The van der Waals surface area contributed by atoms with E-state index in [2.05, 4.69) is 24.1 Å². The van der Waals surface area contributed by atoms with Gasteiger partial charge in [-0.05, 0) is 50.5 Å². The first-order valence-corrected chi connectivity index (χ1v) is 8.74. The Labute approximate surface area is 124 Å². The Balaban J connectivity index is 1.83. The van der Waals surface area contributed by atoms with Crippen LogP contribution in [0.25, 0.3) is 0 Å². The van der Waals surface area contributed by atoms with Crippen molar-refractivity contribution in [3.05, 3.63) is 0 Å². The number of piperidine rings is 1. The predicted octanol–water partition coefficient (Wildman–Crippen LogP) is 3.19. The predicted molar refractivity (Wildman–Crippen MR) is 83.6 cm³/mol. The molecule has 0 bridgehead atoms. The molecule has 1 aliphatic heterocycles. The van der Waals surface area contributed by atoms with Gasteiger partial charge in [0, 0.05) is 25.6 Å². The van der Waals surface area contributed by atoms with Crippen LogP contribution in [0, 0.1) is 11.8 Å². The van der Waals surface area contributed by atoms with Gasteiger partial charge in [-0.1, -0.05) is 26.7 Å². The molecule has 2 fully saturated rings. The van der Waals surface area contributed by atoms with Crippen LogP contribution in [0.1, 0.15) is 65.2 Å². The van der Waals surface area contributed by atoms with Crippen LogP contribution in [0.2, 0.25) is 0 Å². The molecule has 3 heteroatoms. The second-order valence-corrected chi connectivity index (χ2v) is 6.84. The van der Waals surface area contributed by atoms with Crippen molar-refractivity contribution < 1.29 is 4.79 Å². The molecule has 0 aromatic carbocycles. The van der Waals surface area contributed by atoms with E-state index in [1.165, 1.54) is 45.1 Å². The lowest BCUT2D eigenvalue weighted by atomic mass is 9.84. The highest BCUT2D eigenvalue weighted by molar-refractivity contribution is 5.76. The highest BCUT2D eigenvalue weighted by Gasteiger charge is 2.29. The summed E-state index contributed by atoms with van der Waals surface area (Å²) in [5.74, 6) is 1.97. The van der Waals surface area contributed by atoms with Crippen LogP contribution in [0.4, 0.5) is 0 Å². The number of amides is 1. The molecule has 2 atom stereocenters. The van der Waals surface area contributed by atoms with Gasteiger partial charge in [0.15, 0.2) is 0 Å². The fourth-order valence-electron chi connectivity index (χ4n) is 3.57. The Kier molecular flexibility index (Phi) is 6.34. The number of hydrogen-bond donors (Lipinski definition) is 1. The monoisotopic (exact) mass is 280 g/mol. The van der Waals surface area contributed by atoms with Gasteiger partial charge < -0.3 is 10.2 Å². The molecule has 1 N–H and O–H groups in total. The van der Waals surface area contributed by atoms with Crippen LogP contribution in [0.3, 0.4) is 0 Å². The second-order valence-electron chi connectivity index (χ2n) is 6.84. The molecule has 2 rings (SSSR count). The van der Waals surface area contributed by atoms with Crippen molar-refractivity contribution in [1.29, 1.82) is 0 Å². The van der Waals surface area contributed by atoms with E-state index in [1.807, 2.05) is 0 Å². The number of carbonyl (C=O) groups excluding carboxylic acids is 1. The third-order valence-corrected chi connectivity index (χ3v) is 4.97. The molecule has 0 radical (unpaired) electrons. The summed E-state index contributed by atoms with van der Waals surface area (Å²) in [6.07, 6.45) is 9.65. The molecule has 3 nitrogen and oxygen atoms in total. The van der Waals surface area contributed by atoms with Gasteiger partial charge in [-0.2, -0.15) is 0 Å². The quantitative estimate of drug-likeness (QED) is 0.777. The lowest BCUT2D eigenvalue weighted by molar-refractivity contribution is -0.133. The van der Waals surface area contributed by atoms with E-state index < -0.39 is 0 Å². The highest BCUT2D eigenvalue weighted by Crippen LogP contribution is 2.27. The van der Waals surface area contributed by atoms with Crippen molar-refractivity contribution in [3.63, 3.8) is 0 Å². The number of carbonyl (C=O) groups is 1. The number of hydrogen-bond acceptors (Lipinski definition) is 2. The van der Waals surface area contributed by atoms with E-state index in [4.69, 9.17) is 0 Å². The van der Waals surface area contributed by atoms with Crippen LogP contribution in [0.15, 0.2) is 0 Å². The average molecular weight is 280 g/mol. The first kappa shape index (κ1) is 15.8. The lowest BCUT2D eigenvalue weighted by Crippen LogP contribution is -2.52. The maximum Gasteiger partial charge on any atom is 0.222 e. The van der Waals surface area contributed by atoms with Crippen molar-refractivity contribution in [1.82, 2.24) is 10.2 Å². The van der Waals surface area contributed by atoms with Crippen LogP contribution in [-0.4, -0.2) is 36.5 Å². The summed E-state index contributed by atoms with van der Waals surface area (Å²) in [6.45, 7) is 7.45. The zero-order valence-corrected chi connectivity index (χ0v) is 13.4. The first-order chi connectivity index (χ1) is 9.72. The number of likely N-dealkylation sites (tertiary alicyclic amines) is 1. The molecule has 0 aromatic heterocycles. The standard InChI is InChI=1S/C17H32N2O/c1-3-6-15-10-16(18-11-14-8-5-9-14)13-19(12-15)17(20)7-4-2/h14-16,18H,3-13H2,1-2H3. The normalized spacial score (nSPS) is 27.4. The van der Waals surface area contributed by atoms with Gasteiger partial charge in [-0.15, -0.1) is 0 Å². The van der Waals surface area contributed by atoms with Crippen LogP contribution >= 0.6 is 0 Å². The zero-order chi connectivity index (χ0) is 14.4. The van der Waals surface area contributed by atoms with Crippen molar-refractivity contribution in [2.75, 3.05) is 19.6 Å². The van der Waals surface area contributed by atoms with Gasteiger partial charge in [-0.3, -0.25) is 4.79 Å². The Morgan fingerprint density at radius 2 is 1.95 bits per heavy atom. The van der Waals surface area contributed by atoms with Crippen molar-refractivity contribution >= 4 is 5.91 Å². The highest BCUT2D eigenvalue weighted by atomic mass is 16.2. The third-order valence-electron chi connectivity index (χ3n) is 4.97. The van der Waals surface area contributed by atoms with Gasteiger partial charge in [0.25, 0.3) is 0 Å². The van der Waals surface area contributed by atoms with E-state index in [0.717, 1.165) is 25.4 Å². The number of nitrogens with one attached hydrogen (secondary N) is 1.